The summed E-state index contributed by atoms with van der Waals surface area (Å²) in [6.07, 6.45) is 2.50. The van der Waals surface area contributed by atoms with Gasteiger partial charge in [0.15, 0.2) is 5.82 Å². The highest BCUT2D eigenvalue weighted by Crippen LogP contribution is 2.22. The molecule has 0 fully saturated rings. The van der Waals surface area contributed by atoms with Crippen molar-refractivity contribution in [3.05, 3.63) is 47.7 Å². The Hall–Kier alpha value is -2.63. The first-order valence-electron chi connectivity index (χ1n) is 9.12. The molecule has 0 radical (unpaired) electrons. The van der Waals surface area contributed by atoms with Crippen molar-refractivity contribution < 1.29 is 14.1 Å². The SMILES string of the molecule is CCCCN(CC(=O)Nc1cc(C)on1)C(=O)[C@H](CC)c1ccccc1. The number of carbonyl (C=O) groups is 2. The quantitative estimate of drug-likeness (QED) is 0.742. The largest absolute Gasteiger partial charge is 0.360 e. The third-order valence-electron chi connectivity index (χ3n) is 4.23. The zero-order chi connectivity index (χ0) is 18.9. The van der Waals surface area contributed by atoms with Crippen LogP contribution in [0.1, 0.15) is 50.4 Å². The van der Waals surface area contributed by atoms with Crippen LogP contribution < -0.4 is 5.32 Å². The van der Waals surface area contributed by atoms with Gasteiger partial charge in [0, 0.05) is 12.6 Å². The van der Waals surface area contributed by atoms with E-state index in [0.29, 0.717) is 24.5 Å². The summed E-state index contributed by atoms with van der Waals surface area (Å²) in [5.41, 5.74) is 0.981. The summed E-state index contributed by atoms with van der Waals surface area (Å²) >= 11 is 0. The fourth-order valence-electron chi connectivity index (χ4n) is 2.86. The minimum absolute atomic E-state index is 0.00801. The van der Waals surface area contributed by atoms with Crippen molar-refractivity contribution in [2.75, 3.05) is 18.4 Å². The van der Waals surface area contributed by atoms with Crippen LogP contribution in [0.3, 0.4) is 0 Å². The van der Waals surface area contributed by atoms with E-state index < -0.39 is 0 Å². The fraction of sp³-hybridized carbons (Fsp3) is 0.450. The highest BCUT2D eigenvalue weighted by molar-refractivity contribution is 5.95. The van der Waals surface area contributed by atoms with Crippen LogP contribution in [0, 0.1) is 6.92 Å². The van der Waals surface area contributed by atoms with E-state index in [1.807, 2.05) is 37.3 Å². The highest BCUT2D eigenvalue weighted by atomic mass is 16.5. The monoisotopic (exact) mass is 357 g/mol. The van der Waals surface area contributed by atoms with E-state index in [-0.39, 0.29) is 24.3 Å². The van der Waals surface area contributed by atoms with Crippen molar-refractivity contribution in [1.29, 1.82) is 0 Å². The molecule has 0 saturated heterocycles. The molecule has 0 bridgehead atoms. The molecule has 1 aromatic heterocycles. The second-order valence-corrected chi connectivity index (χ2v) is 6.36. The van der Waals surface area contributed by atoms with Crippen molar-refractivity contribution >= 4 is 17.6 Å². The van der Waals surface area contributed by atoms with Crippen molar-refractivity contribution in [1.82, 2.24) is 10.1 Å². The van der Waals surface area contributed by atoms with Gasteiger partial charge in [-0.2, -0.15) is 0 Å². The molecule has 0 aliphatic rings. The highest BCUT2D eigenvalue weighted by Gasteiger charge is 2.25. The minimum Gasteiger partial charge on any atom is -0.360 e. The van der Waals surface area contributed by atoms with Crippen LogP contribution >= 0.6 is 0 Å². The number of unbranched alkanes of at least 4 members (excludes halogenated alkanes) is 1. The van der Waals surface area contributed by atoms with E-state index in [2.05, 4.69) is 17.4 Å². The number of hydrogen-bond donors (Lipinski definition) is 1. The number of amides is 2. The van der Waals surface area contributed by atoms with Crippen LogP contribution in [0.4, 0.5) is 5.82 Å². The molecule has 1 N–H and O–H groups in total. The number of nitrogens with one attached hydrogen (secondary N) is 1. The van der Waals surface area contributed by atoms with Crippen LogP contribution in [0.15, 0.2) is 40.9 Å². The summed E-state index contributed by atoms with van der Waals surface area (Å²) in [6, 6.07) is 11.4. The number of nitrogens with zero attached hydrogens (tertiary/aromatic N) is 2. The van der Waals surface area contributed by atoms with Crippen LogP contribution in [-0.2, 0) is 9.59 Å². The van der Waals surface area contributed by atoms with Gasteiger partial charge in [-0.3, -0.25) is 9.59 Å². The summed E-state index contributed by atoms with van der Waals surface area (Å²) < 4.78 is 4.95. The Bertz CT molecular complexity index is 712. The van der Waals surface area contributed by atoms with Gasteiger partial charge in [0.2, 0.25) is 11.8 Å². The predicted molar refractivity (Wildman–Crippen MR) is 101 cm³/mol. The number of hydrogen-bond acceptors (Lipinski definition) is 4. The minimum atomic E-state index is -0.273. The zero-order valence-electron chi connectivity index (χ0n) is 15.7. The molecular weight excluding hydrogens is 330 g/mol. The Morgan fingerprint density at radius 2 is 1.96 bits per heavy atom. The Morgan fingerprint density at radius 1 is 1.23 bits per heavy atom. The Labute approximate surface area is 154 Å². The summed E-state index contributed by atoms with van der Waals surface area (Å²) in [6.45, 7) is 6.38. The molecule has 6 heteroatoms. The Balaban J connectivity index is 2.09. The molecule has 0 spiro atoms. The summed E-state index contributed by atoms with van der Waals surface area (Å²) in [4.78, 5) is 27.1. The van der Waals surface area contributed by atoms with Crippen molar-refractivity contribution in [3.63, 3.8) is 0 Å². The normalized spacial score (nSPS) is 11.8. The molecule has 2 rings (SSSR count). The lowest BCUT2D eigenvalue weighted by Gasteiger charge is -2.26. The van der Waals surface area contributed by atoms with E-state index in [9.17, 15) is 9.59 Å². The molecule has 2 amide bonds. The molecule has 6 nitrogen and oxygen atoms in total. The van der Waals surface area contributed by atoms with Crippen LogP contribution in [0.2, 0.25) is 0 Å². The van der Waals surface area contributed by atoms with Crippen LogP contribution in [0.25, 0.3) is 0 Å². The molecule has 0 aliphatic carbocycles. The topological polar surface area (TPSA) is 75.4 Å². The maximum Gasteiger partial charge on any atom is 0.245 e. The first-order valence-corrected chi connectivity index (χ1v) is 9.12. The maximum absolute atomic E-state index is 13.1. The number of rotatable bonds is 9. The molecule has 0 saturated carbocycles. The molecule has 1 aromatic carbocycles. The lowest BCUT2D eigenvalue weighted by molar-refractivity contribution is -0.136. The first-order chi connectivity index (χ1) is 12.5. The number of benzene rings is 1. The van der Waals surface area contributed by atoms with Crippen molar-refractivity contribution in [3.8, 4) is 0 Å². The molecule has 26 heavy (non-hydrogen) atoms. The van der Waals surface area contributed by atoms with Gasteiger partial charge in [0.25, 0.3) is 0 Å². The van der Waals surface area contributed by atoms with E-state index in [0.717, 1.165) is 18.4 Å². The molecule has 1 atom stereocenters. The van der Waals surface area contributed by atoms with Gasteiger partial charge in [0.1, 0.15) is 5.76 Å². The number of aromatic nitrogens is 1. The van der Waals surface area contributed by atoms with E-state index in [1.54, 1.807) is 17.9 Å². The van der Waals surface area contributed by atoms with Crippen LogP contribution in [0.5, 0.6) is 0 Å². The Morgan fingerprint density at radius 3 is 2.54 bits per heavy atom. The van der Waals surface area contributed by atoms with Gasteiger partial charge in [-0.15, -0.1) is 0 Å². The second-order valence-electron chi connectivity index (χ2n) is 6.36. The summed E-state index contributed by atoms with van der Waals surface area (Å²) in [5.74, 6) is 0.458. The van der Waals surface area contributed by atoms with Crippen molar-refractivity contribution in [2.24, 2.45) is 0 Å². The lowest BCUT2D eigenvalue weighted by Crippen LogP contribution is -2.41. The number of aryl methyl sites for hydroxylation is 1. The van der Waals surface area contributed by atoms with Crippen LogP contribution in [-0.4, -0.2) is 35.0 Å². The second kappa shape index (κ2) is 9.75. The molecule has 1 heterocycles. The molecule has 140 valence electrons. The van der Waals surface area contributed by atoms with E-state index in [4.69, 9.17) is 4.52 Å². The fourth-order valence-corrected chi connectivity index (χ4v) is 2.86. The third-order valence-corrected chi connectivity index (χ3v) is 4.23. The molecule has 0 aliphatic heterocycles. The molecule has 2 aromatic rings. The molecule has 0 unspecified atom stereocenters. The van der Waals surface area contributed by atoms with Gasteiger partial charge >= 0.3 is 0 Å². The van der Waals surface area contributed by atoms with Gasteiger partial charge in [-0.25, -0.2) is 0 Å². The average molecular weight is 357 g/mol. The van der Waals surface area contributed by atoms with Gasteiger partial charge in [-0.1, -0.05) is 55.8 Å². The van der Waals surface area contributed by atoms with E-state index in [1.165, 1.54) is 0 Å². The van der Waals surface area contributed by atoms with E-state index >= 15 is 0 Å². The standard InChI is InChI=1S/C20H27N3O3/c1-4-6-12-23(14-19(24)21-18-13-15(3)26-22-18)20(25)17(5-2)16-10-8-7-9-11-16/h7-11,13,17H,4-6,12,14H2,1-3H3,(H,21,22,24)/t17-/m1/s1. The first kappa shape index (κ1) is 19.7. The zero-order valence-corrected chi connectivity index (χ0v) is 15.7. The maximum atomic E-state index is 13.1. The number of carbonyl (C=O) groups excluding carboxylic acids is 2. The van der Waals surface area contributed by atoms with Gasteiger partial charge < -0.3 is 14.7 Å². The lowest BCUT2D eigenvalue weighted by atomic mass is 9.95. The number of anilines is 1. The Kier molecular flexibility index (Phi) is 7.38. The molecular formula is C20H27N3O3. The summed E-state index contributed by atoms with van der Waals surface area (Å²) in [5, 5.41) is 6.44. The average Bonchev–Trinajstić information content (AvgIpc) is 3.04. The van der Waals surface area contributed by atoms with Gasteiger partial charge in [0.05, 0.1) is 12.5 Å². The van der Waals surface area contributed by atoms with Gasteiger partial charge in [-0.05, 0) is 25.3 Å². The smallest absolute Gasteiger partial charge is 0.245 e. The van der Waals surface area contributed by atoms with Crippen molar-refractivity contribution in [2.45, 2.75) is 46.0 Å². The predicted octanol–water partition coefficient (Wildman–Crippen LogP) is 3.74. The summed E-state index contributed by atoms with van der Waals surface area (Å²) in [7, 11) is 0. The third kappa shape index (κ3) is 5.44.